The monoisotopic (exact) mass is 443 g/mol. The molecule has 2 aromatic heterocycles. The van der Waals surface area contributed by atoms with Crippen molar-refractivity contribution in [2.24, 2.45) is 0 Å². The van der Waals surface area contributed by atoms with Gasteiger partial charge in [0.2, 0.25) is 0 Å². The molecule has 1 amide bonds. The van der Waals surface area contributed by atoms with Crippen molar-refractivity contribution < 1.29 is 18.4 Å². The molecule has 0 unspecified atom stereocenters. The number of carbonyl (C=O) groups excluding carboxylic acids is 1. The van der Waals surface area contributed by atoms with E-state index < -0.39 is 11.4 Å². The summed E-state index contributed by atoms with van der Waals surface area (Å²) in [4.78, 5) is 17.8. The molecule has 5 rings (SSSR count). The fraction of sp³-hybridized carbons (Fsp3) is 0.192. The SMILES string of the molecule is Cc1noc(C)c1-c1ccc([C@@]2(NC(=O)c3ccc(F)cc3)CCOc3cccnc32)cc1. The smallest absolute Gasteiger partial charge is 0.252 e. The van der Waals surface area contributed by atoms with E-state index in [2.05, 4.69) is 15.5 Å². The van der Waals surface area contributed by atoms with Gasteiger partial charge in [0.1, 0.15) is 28.6 Å². The minimum atomic E-state index is -0.905. The van der Waals surface area contributed by atoms with Crippen LogP contribution in [-0.4, -0.2) is 22.7 Å². The number of aromatic nitrogens is 2. The first-order valence-corrected chi connectivity index (χ1v) is 10.7. The number of rotatable bonds is 4. The number of pyridine rings is 1. The van der Waals surface area contributed by atoms with Crippen molar-refractivity contribution in [3.63, 3.8) is 0 Å². The second kappa shape index (κ2) is 8.16. The molecule has 0 fully saturated rings. The zero-order valence-electron chi connectivity index (χ0n) is 18.3. The quantitative estimate of drug-likeness (QED) is 0.483. The average Bonchev–Trinajstić information content (AvgIpc) is 3.17. The fourth-order valence-electron chi connectivity index (χ4n) is 4.42. The topological polar surface area (TPSA) is 77.2 Å². The number of ether oxygens (including phenoxy) is 1. The van der Waals surface area contributed by atoms with E-state index in [0.717, 1.165) is 28.1 Å². The molecule has 3 heterocycles. The highest BCUT2D eigenvalue weighted by Crippen LogP contribution is 2.41. The minimum absolute atomic E-state index is 0.316. The fourth-order valence-corrected chi connectivity index (χ4v) is 4.42. The standard InChI is InChI=1S/C26H22FN3O3/c1-16-23(17(2)33-30-16)18-5-9-20(10-6-18)26(13-15-32-22-4-3-14-28-24(22)26)29-25(31)19-7-11-21(27)12-8-19/h3-12,14H,13,15H2,1-2H3,(H,29,31)/t26-/m0/s1. The van der Waals surface area contributed by atoms with E-state index in [0.29, 0.717) is 30.0 Å². The third-order valence-corrected chi connectivity index (χ3v) is 6.04. The third kappa shape index (κ3) is 3.65. The lowest BCUT2D eigenvalue weighted by molar-refractivity contribution is 0.0883. The van der Waals surface area contributed by atoms with Crippen LogP contribution in [0.4, 0.5) is 4.39 Å². The van der Waals surface area contributed by atoms with Gasteiger partial charge >= 0.3 is 0 Å². The van der Waals surface area contributed by atoms with Gasteiger partial charge in [-0.15, -0.1) is 0 Å². The first-order chi connectivity index (χ1) is 16.0. The van der Waals surface area contributed by atoms with Crippen molar-refractivity contribution in [3.8, 4) is 16.9 Å². The van der Waals surface area contributed by atoms with Crippen LogP contribution < -0.4 is 10.1 Å². The largest absolute Gasteiger partial charge is 0.491 e. The molecule has 0 radical (unpaired) electrons. The number of carbonyl (C=O) groups is 1. The van der Waals surface area contributed by atoms with Crippen LogP contribution in [0, 0.1) is 19.7 Å². The molecule has 6 nitrogen and oxygen atoms in total. The van der Waals surface area contributed by atoms with E-state index in [1.54, 1.807) is 12.3 Å². The van der Waals surface area contributed by atoms with E-state index >= 15 is 0 Å². The number of halogens is 1. The lowest BCUT2D eigenvalue weighted by atomic mass is 9.80. The van der Waals surface area contributed by atoms with Crippen LogP contribution in [0.2, 0.25) is 0 Å². The van der Waals surface area contributed by atoms with E-state index in [1.165, 1.54) is 24.3 Å². The van der Waals surface area contributed by atoms with Crippen LogP contribution in [0.1, 0.15) is 39.5 Å². The average molecular weight is 443 g/mol. The molecule has 0 aliphatic carbocycles. The Bertz CT molecular complexity index is 1300. The Morgan fingerprint density at radius 2 is 1.82 bits per heavy atom. The molecule has 4 aromatic rings. The maximum Gasteiger partial charge on any atom is 0.252 e. The molecule has 0 spiro atoms. The molecule has 1 atom stereocenters. The summed E-state index contributed by atoms with van der Waals surface area (Å²) in [5, 5.41) is 7.22. The Kier molecular flexibility index (Phi) is 5.17. The van der Waals surface area contributed by atoms with Crippen molar-refractivity contribution in [1.29, 1.82) is 0 Å². The predicted molar refractivity (Wildman–Crippen MR) is 120 cm³/mol. The molecule has 1 aliphatic rings. The number of nitrogens with zero attached hydrogens (tertiary/aromatic N) is 2. The van der Waals surface area contributed by atoms with Crippen molar-refractivity contribution in [2.75, 3.05) is 6.61 Å². The molecule has 0 bridgehead atoms. The number of fused-ring (bicyclic) bond motifs is 1. The van der Waals surface area contributed by atoms with Crippen LogP contribution in [0.5, 0.6) is 5.75 Å². The lowest BCUT2D eigenvalue weighted by Crippen LogP contribution is -2.50. The van der Waals surface area contributed by atoms with Gasteiger partial charge in [-0.3, -0.25) is 9.78 Å². The van der Waals surface area contributed by atoms with E-state index in [-0.39, 0.29) is 5.91 Å². The Morgan fingerprint density at radius 3 is 2.52 bits per heavy atom. The normalized spacial score (nSPS) is 17.2. The van der Waals surface area contributed by atoms with Crippen LogP contribution >= 0.6 is 0 Å². The summed E-state index contributed by atoms with van der Waals surface area (Å²) >= 11 is 0. The van der Waals surface area contributed by atoms with Crippen LogP contribution in [0.25, 0.3) is 11.1 Å². The Morgan fingerprint density at radius 1 is 1.06 bits per heavy atom. The van der Waals surface area contributed by atoms with E-state index in [9.17, 15) is 9.18 Å². The first kappa shape index (κ1) is 20.9. The van der Waals surface area contributed by atoms with Crippen LogP contribution in [0.3, 0.4) is 0 Å². The molecule has 2 aromatic carbocycles. The van der Waals surface area contributed by atoms with Gasteiger partial charge in [-0.2, -0.15) is 0 Å². The molecular weight excluding hydrogens is 421 g/mol. The highest BCUT2D eigenvalue weighted by molar-refractivity contribution is 5.95. The van der Waals surface area contributed by atoms with Crippen molar-refractivity contribution in [2.45, 2.75) is 25.8 Å². The van der Waals surface area contributed by atoms with Crippen molar-refractivity contribution in [1.82, 2.24) is 15.5 Å². The second-order valence-corrected chi connectivity index (χ2v) is 8.09. The van der Waals surface area contributed by atoms with Gasteiger partial charge in [0.15, 0.2) is 0 Å². The molecule has 7 heteroatoms. The summed E-state index contributed by atoms with van der Waals surface area (Å²) in [6, 6.07) is 17.1. The maximum atomic E-state index is 13.4. The van der Waals surface area contributed by atoms with Gasteiger partial charge in [0, 0.05) is 23.7 Å². The lowest BCUT2D eigenvalue weighted by Gasteiger charge is -2.39. The van der Waals surface area contributed by atoms with Gasteiger partial charge < -0.3 is 14.6 Å². The number of hydrogen-bond donors (Lipinski definition) is 1. The Labute approximate surface area is 190 Å². The highest BCUT2D eigenvalue weighted by atomic mass is 19.1. The summed E-state index contributed by atoms with van der Waals surface area (Å²) in [6.45, 7) is 4.20. The third-order valence-electron chi connectivity index (χ3n) is 6.04. The Hall–Kier alpha value is -4.00. The van der Waals surface area contributed by atoms with E-state index in [1.807, 2.05) is 44.2 Å². The van der Waals surface area contributed by atoms with Crippen LogP contribution in [-0.2, 0) is 5.54 Å². The number of nitrogens with one attached hydrogen (secondary N) is 1. The number of benzene rings is 2. The van der Waals surface area contributed by atoms with Gasteiger partial charge in [0.25, 0.3) is 5.91 Å². The number of aryl methyl sites for hydroxylation is 2. The predicted octanol–water partition coefficient (Wildman–Crippen LogP) is 4.95. The number of hydrogen-bond acceptors (Lipinski definition) is 5. The first-order valence-electron chi connectivity index (χ1n) is 10.7. The zero-order chi connectivity index (χ0) is 23.0. The maximum absolute atomic E-state index is 13.4. The van der Waals surface area contributed by atoms with Gasteiger partial charge in [-0.25, -0.2) is 4.39 Å². The highest BCUT2D eigenvalue weighted by Gasteiger charge is 2.42. The molecule has 166 valence electrons. The minimum Gasteiger partial charge on any atom is -0.491 e. The van der Waals surface area contributed by atoms with Crippen molar-refractivity contribution in [3.05, 3.63) is 101 Å². The summed E-state index contributed by atoms with van der Waals surface area (Å²) in [7, 11) is 0. The summed E-state index contributed by atoms with van der Waals surface area (Å²) in [5.41, 5.74) is 3.72. The molecule has 33 heavy (non-hydrogen) atoms. The summed E-state index contributed by atoms with van der Waals surface area (Å²) < 4.78 is 24.5. The van der Waals surface area contributed by atoms with Crippen LogP contribution in [0.15, 0.2) is 71.4 Å². The molecule has 1 N–H and O–H groups in total. The second-order valence-electron chi connectivity index (χ2n) is 8.09. The molecular formula is C26H22FN3O3. The van der Waals surface area contributed by atoms with Gasteiger partial charge in [-0.1, -0.05) is 29.4 Å². The number of amides is 1. The van der Waals surface area contributed by atoms with E-state index in [4.69, 9.17) is 9.26 Å². The molecule has 0 saturated carbocycles. The summed E-state index contributed by atoms with van der Waals surface area (Å²) in [5.74, 6) is 0.660. The van der Waals surface area contributed by atoms with Crippen molar-refractivity contribution >= 4 is 5.91 Å². The summed E-state index contributed by atoms with van der Waals surface area (Å²) in [6.07, 6.45) is 2.18. The van der Waals surface area contributed by atoms with Gasteiger partial charge in [0.05, 0.1) is 12.3 Å². The Balaban J connectivity index is 1.60. The van der Waals surface area contributed by atoms with Gasteiger partial charge in [-0.05, 0) is 61.4 Å². The molecule has 1 aliphatic heterocycles. The molecule has 0 saturated heterocycles. The zero-order valence-corrected chi connectivity index (χ0v) is 18.3.